The number of hydrogen-bond donors (Lipinski definition) is 2. The minimum atomic E-state index is -0.697. The Kier molecular flexibility index (Phi) is 4.24. The van der Waals surface area contributed by atoms with Crippen molar-refractivity contribution in [2.45, 2.75) is 13.0 Å². The van der Waals surface area contributed by atoms with Gasteiger partial charge >= 0.3 is 0 Å². The molecule has 0 aliphatic rings. The van der Waals surface area contributed by atoms with Gasteiger partial charge < -0.3 is 10.3 Å². The third-order valence-corrected chi connectivity index (χ3v) is 4.02. The Morgan fingerprint density at radius 1 is 1.26 bits per heavy atom. The Morgan fingerprint density at radius 3 is 2.74 bits per heavy atom. The highest BCUT2D eigenvalue weighted by Gasteiger charge is 2.18. The van der Waals surface area contributed by atoms with Crippen LogP contribution < -0.4 is 5.32 Å². The first-order valence-electron chi connectivity index (χ1n) is 6.86. The number of benzene rings is 2. The molecule has 2 aromatic carbocycles. The van der Waals surface area contributed by atoms with Gasteiger partial charge in [-0.25, -0.2) is 9.37 Å². The van der Waals surface area contributed by atoms with Gasteiger partial charge in [-0.3, -0.25) is 4.79 Å². The molecule has 2 N–H and O–H groups in total. The molecule has 0 spiro atoms. The molecule has 3 aromatic rings. The molecular formula is C16H12Cl2FN3O. The van der Waals surface area contributed by atoms with Gasteiger partial charge in [0.05, 0.1) is 32.7 Å². The zero-order chi connectivity index (χ0) is 16.6. The van der Waals surface area contributed by atoms with E-state index in [9.17, 15) is 9.18 Å². The first kappa shape index (κ1) is 15.8. The van der Waals surface area contributed by atoms with Crippen molar-refractivity contribution < 1.29 is 9.18 Å². The van der Waals surface area contributed by atoms with E-state index in [1.54, 1.807) is 6.92 Å². The quantitative estimate of drug-likeness (QED) is 0.682. The van der Waals surface area contributed by atoms with E-state index in [4.69, 9.17) is 23.2 Å². The smallest absolute Gasteiger partial charge is 0.253 e. The fraction of sp³-hybridized carbons (Fsp3) is 0.125. The molecule has 0 bridgehead atoms. The number of rotatable bonds is 3. The molecule has 1 atom stereocenters. The number of fused-ring (bicyclic) bond motifs is 1. The second-order valence-corrected chi connectivity index (χ2v) is 5.89. The standard InChI is InChI=1S/C16H12Cl2FN3O/c1-8(15-21-13-4-2-3-5-14(13)22-15)20-16(23)9-6-12(19)11(18)7-10(9)17/h2-8H,1H3,(H,20,23)(H,21,22)/t8-/m0/s1. The largest absolute Gasteiger partial charge is 0.342 e. The summed E-state index contributed by atoms with van der Waals surface area (Å²) in [6.07, 6.45) is 0. The first-order valence-corrected chi connectivity index (χ1v) is 7.61. The molecular weight excluding hydrogens is 340 g/mol. The molecule has 0 saturated carbocycles. The number of nitrogens with zero attached hydrogens (tertiary/aromatic N) is 1. The molecule has 0 radical (unpaired) electrons. The second kappa shape index (κ2) is 6.18. The maximum absolute atomic E-state index is 13.5. The summed E-state index contributed by atoms with van der Waals surface area (Å²) in [6, 6.07) is 9.37. The Labute approximate surface area is 141 Å². The minimum Gasteiger partial charge on any atom is -0.342 e. The maximum Gasteiger partial charge on any atom is 0.253 e. The summed E-state index contributed by atoms with van der Waals surface area (Å²) in [4.78, 5) is 19.8. The predicted octanol–water partition coefficient (Wildman–Crippen LogP) is 4.50. The molecule has 118 valence electrons. The molecule has 4 nitrogen and oxygen atoms in total. The fourth-order valence-corrected chi connectivity index (χ4v) is 2.69. The highest BCUT2D eigenvalue weighted by molar-refractivity contribution is 6.36. The highest BCUT2D eigenvalue weighted by Crippen LogP contribution is 2.25. The Balaban J connectivity index is 1.83. The predicted molar refractivity (Wildman–Crippen MR) is 88.4 cm³/mol. The first-order chi connectivity index (χ1) is 11.0. The number of amides is 1. The Morgan fingerprint density at radius 2 is 2.00 bits per heavy atom. The average Bonchev–Trinajstić information content (AvgIpc) is 2.95. The van der Waals surface area contributed by atoms with Crippen molar-refractivity contribution >= 4 is 40.1 Å². The third-order valence-electron chi connectivity index (χ3n) is 3.42. The van der Waals surface area contributed by atoms with Crippen LogP contribution in [0.1, 0.15) is 29.1 Å². The van der Waals surface area contributed by atoms with Crippen LogP contribution >= 0.6 is 23.2 Å². The van der Waals surface area contributed by atoms with Gasteiger partial charge in [-0.05, 0) is 31.2 Å². The maximum atomic E-state index is 13.5. The van der Waals surface area contributed by atoms with Gasteiger partial charge in [0, 0.05) is 0 Å². The summed E-state index contributed by atoms with van der Waals surface area (Å²) in [5.74, 6) is -0.596. The summed E-state index contributed by atoms with van der Waals surface area (Å²) in [7, 11) is 0. The lowest BCUT2D eigenvalue weighted by Gasteiger charge is -2.12. The number of H-pyrrole nitrogens is 1. The van der Waals surface area contributed by atoms with Crippen LogP contribution in [0.25, 0.3) is 11.0 Å². The van der Waals surface area contributed by atoms with Gasteiger partial charge in [0.15, 0.2) is 0 Å². The SMILES string of the molecule is C[C@H](NC(=O)c1cc(F)c(Cl)cc1Cl)c1nc2ccccc2[nH]1. The number of hydrogen-bond acceptors (Lipinski definition) is 2. The normalized spacial score (nSPS) is 12.3. The molecule has 1 heterocycles. The summed E-state index contributed by atoms with van der Waals surface area (Å²) >= 11 is 11.6. The van der Waals surface area contributed by atoms with Gasteiger partial charge in [-0.1, -0.05) is 35.3 Å². The summed E-state index contributed by atoms with van der Waals surface area (Å²) < 4.78 is 13.5. The topological polar surface area (TPSA) is 57.8 Å². The van der Waals surface area contributed by atoms with Crippen LogP contribution in [0.15, 0.2) is 36.4 Å². The van der Waals surface area contributed by atoms with E-state index >= 15 is 0 Å². The monoisotopic (exact) mass is 351 g/mol. The average molecular weight is 352 g/mol. The number of nitrogens with one attached hydrogen (secondary N) is 2. The molecule has 3 rings (SSSR count). The van der Waals surface area contributed by atoms with Crippen LogP contribution in [0.5, 0.6) is 0 Å². The number of halogens is 3. The summed E-state index contributed by atoms with van der Waals surface area (Å²) in [5, 5.41) is 2.69. The van der Waals surface area contributed by atoms with Gasteiger partial charge in [0.25, 0.3) is 5.91 Å². The van der Waals surface area contributed by atoms with E-state index in [2.05, 4.69) is 15.3 Å². The molecule has 23 heavy (non-hydrogen) atoms. The molecule has 0 fully saturated rings. The van der Waals surface area contributed by atoms with Crippen LogP contribution in [0.2, 0.25) is 10.0 Å². The zero-order valence-corrected chi connectivity index (χ0v) is 13.5. The van der Waals surface area contributed by atoms with E-state index < -0.39 is 17.8 Å². The molecule has 0 unspecified atom stereocenters. The molecule has 7 heteroatoms. The van der Waals surface area contributed by atoms with Gasteiger partial charge in [-0.15, -0.1) is 0 Å². The molecule has 1 amide bonds. The van der Waals surface area contributed by atoms with E-state index in [1.807, 2.05) is 24.3 Å². The van der Waals surface area contributed by atoms with Crippen molar-refractivity contribution in [2.24, 2.45) is 0 Å². The van der Waals surface area contributed by atoms with E-state index in [0.29, 0.717) is 5.82 Å². The molecule has 1 aromatic heterocycles. The third kappa shape index (κ3) is 3.16. The summed E-state index contributed by atoms with van der Waals surface area (Å²) in [6.45, 7) is 1.77. The van der Waals surface area contributed by atoms with E-state index in [-0.39, 0.29) is 15.6 Å². The zero-order valence-electron chi connectivity index (χ0n) is 12.0. The lowest BCUT2D eigenvalue weighted by molar-refractivity contribution is 0.0938. The number of aromatic amines is 1. The number of aromatic nitrogens is 2. The van der Waals surface area contributed by atoms with Crippen molar-refractivity contribution in [2.75, 3.05) is 0 Å². The number of carbonyl (C=O) groups excluding carboxylic acids is 1. The Bertz CT molecular complexity index is 861. The molecule has 0 aliphatic carbocycles. The minimum absolute atomic E-state index is 0.0246. The van der Waals surface area contributed by atoms with Crippen molar-refractivity contribution in [1.82, 2.24) is 15.3 Å². The second-order valence-electron chi connectivity index (χ2n) is 5.08. The van der Waals surface area contributed by atoms with Crippen LogP contribution in [-0.2, 0) is 0 Å². The van der Waals surface area contributed by atoms with Crippen molar-refractivity contribution in [3.8, 4) is 0 Å². The number of imidazole rings is 1. The van der Waals surface area contributed by atoms with E-state index in [0.717, 1.165) is 17.1 Å². The van der Waals surface area contributed by atoms with E-state index in [1.165, 1.54) is 6.07 Å². The number of para-hydroxylation sites is 2. The molecule has 0 aliphatic heterocycles. The lowest BCUT2D eigenvalue weighted by Crippen LogP contribution is -2.27. The van der Waals surface area contributed by atoms with Gasteiger partial charge in [-0.2, -0.15) is 0 Å². The van der Waals surface area contributed by atoms with Crippen molar-refractivity contribution in [1.29, 1.82) is 0 Å². The van der Waals surface area contributed by atoms with Crippen LogP contribution in [0.3, 0.4) is 0 Å². The van der Waals surface area contributed by atoms with Crippen molar-refractivity contribution in [3.05, 3.63) is 63.6 Å². The summed E-state index contributed by atoms with van der Waals surface area (Å²) in [5.41, 5.74) is 1.70. The highest BCUT2D eigenvalue weighted by atomic mass is 35.5. The van der Waals surface area contributed by atoms with Gasteiger partial charge in [0.1, 0.15) is 11.6 Å². The van der Waals surface area contributed by atoms with Crippen molar-refractivity contribution in [3.63, 3.8) is 0 Å². The number of carbonyl (C=O) groups is 1. The van der Waals surface area contributed by atoms with Crippen LogP contribution in [-0.4, -0.2) is 15.9 Å². The van der Waals surface area contributed by atoms with Gasteiger partial charge in [0.2, 0.25) is 0 Å². The lowest BCUT2D eigenvalue weighted by atomic mass is 10.2. The van der Waals surface area contributed by atoms with Crippen LogP contribution in [0.4, 0.5) is 4.39 Å². The fourth-order valence-electron chi connectivity index (χ4n) is 2.22. The Hall–Kier alpha value is -2.11. The molecule has 0 saturated heterocycles. The van der Waals surface area contributed by atoms with Crippen LogP contribution in [0, 0.1) is 5.82 Å².